The summed E-state index contributed by atoms with van der Waals surface area (Å²) < 4.78 is 1.65. The van der Waals surface area contributed by atoms with Crippen molar-refractivity contribution in [1.29, 1.82) is 5.41 Å². The van der Waals surface area contributed by atoms with Gasteiger partial charge in [0.1, 0.15) is 5.84 Å². The van der Waals surface area contributed by atoms with Crippen LogP contribution in [0.1, 0.15) is 24.5 Å². The molecule has 0 atom stereocenters. The van der Waals surface area contributed by atoms with Crippen LogP contribution in [0.4, 0.5) is 0 Å². The minimum absolute atomic E-state index is 0.0632. The van der Waals surface area contributed by atoms with E-state index in [1.54, 1.807) is 4.57 Å². The molecule has 0 spiro atoms. The first-order valence-corrected chi connectivity index (χ1v) is 7.31. The molecular weight excluding hydrogens is 274 g/mol. The van der Waals surface area contributed by atoms with Crippen LogP contribution >= 0.6 is 11.8 Å². The van der Waals surface area contributed by atoms with Crippen LogP contribution in [0.3, 0.4) is 0 Å². The van der Waals surface area contributed by atoms with Crippen molar-refractivity contribution in [1.82, 2.24) is 14.8 Å². The fourth-order valence-electron chi connectivity index (χ4n) is 1.76. The van der Waals surface area contributed by atoms with E-state index in [0.717, 1.165) is 12.0 Å². The number of nitrogens with two attached hydrogens (primary N) is 1. The first-order valence-electron chi connectivity index (χ1n) is 6.33. The van der Waals surface area contributed by atoms with Gasteiger partial charge in [-0.2, -0.15) is 0 Å². The highest BCUT2D eigenvalue weighted by Gasteiger charge is 2.08. The van der Waals surface area contributed by atoms with Gasteiger partial charge in [-0.05, 0) is 12.0 Å². The van der Waals surface area contributed by atoms with Crippen molar-refractivity contribution >= 4 is 17.6 Å². The van der Waals surface area contributed by atoms with Crippen LogP contribution < -0.4 is 11.4 Å². The zero-order chi connectivity index (χ0) is 14.5. The van der Waals surface area contributed by atoms with Gasteiger partial charge < -0.3 is 5.73 Å². The number of nitrogen functional groups attached to an aromatic ring is 1. The SMILES string of the molecule is CCCn1c(SCc2ccc(C(=N)N)cc2)n[nH]c1=O. The number of amidine groups is 1. The van der Waals surface area contributed by atoms with E-state index in [0.29, 0.717) is 23.0 Å². The predicted molar refractivity (Wildman–Crippen MR) is 80.2 cm³/mol. The van der Waals surface area contributed by atoms with Crippen LogP contribution in [-0.4, -0.2) is 20.6 Å². The molecular formula is C13H17N5OS. The molecule has 0 fully saturated rings. The smallest absolute Gasteiger partial charge is 0.343 e. The van der Waals surface area contributed by atoms with Crippen LogP contribution in [0.5, 0.6) is 0 Å². The van der Waals surface area contributed by atoms with Crippen LogP contribution in [0, 0.1) is 5.41 Å². The first-order chi connectivity index (χ1) is 9.61. The van der Waals surface area contributed by atoms with Crippen molar-refractivity contribution in [3.63, 3.8) is 0 Å². The quantitative estimate of drug-likeness (QED) is 0.427. The topological polar surface area (TPSA) is 101 Å². The molecule has 0 aliphatic heterocycles. The number of nitrogens with zero attached hydrogens (tertiary/aromatic N) is 2. The van der Waals surface area contributed by atoms with Gasteiger partial charge in [-0.1, -0.05) is 43.0 Å². The highest BCUT2D eigenvalue weighted by molar-refractivity contribution is 7.98. The van der Waals surface area contributed by atoms with Gasteiger partial charge in [0.05, 0.1) is 0 Å². The molecule has 0 unspecified atom stereocenters. The van der Waals surface area contributed by atoms with Gasteiger partial charge in [0, 0.05) is 17.9 Å². The maximum atomic E-state index is 11.6. The van der Waals surface area contributed by atoms with E-state index >= 15 is 0 Å². The number of aromatic nitrogens is 3. The van der Waals surface area contributed by atoms with Crippen LogP contribution in [0.25, 0.3) is 0 Å². The molecule has 0 aliphatic carbocycles. The summed E-state index contributed by atoms with van der Waals surface area (Å²) in [6, 6.07) is 7.50. The third-order valence-corrected chi connectivity index (χ3v) is 3.85. The monoisotopic (exact) mass is 291 g/mol. The van der Waals surface area contributed by atoms with E-state index in [4.69, 9.17) is 11.1 Å². The summed E-state index contributed by atoms with van der Waals surface area (Å²) in [7, 11) is 0. The normalized spacial score (nSPS) is 10.7. The molecule has 6 nitrogen and oxygen atoms in total. The first kappa shape index (κ1) is 14.4. The third kappa shape index (κ3) is 3.30. The second-order valence-electron chi connectivity index (χ2n) is 4.36. The number of hydrogen-bond donors (Lipinski definition) is 3. The van der Waals surface area contributed by atoms with Crippen molar-refractivity contribution in [3.8, 4) is 0 Å². The van der Waals surface area contributed by atoms with Crippen molar-refractivity contribution in [3.05, 3.63) is 45.9 Å². The van der Waals surface area contributed by atoms with Gasteiger partial charge in [-0.15, -0.1) is 5.10 Å². The lowest BCUT2D eigenvalue weighted by Gasteiger charge is -2.04. The van der Waals surface area contributed by atoms with Gasteiger partial charge in [0.25, 0.3) is 0 Å². The molecule has 0 radical (unpaired) electrons. The Morgan fingerprint density at radius 1 is 1.45 bits per heavy atom. The van der Waals surface area contributed by atoms with Crippen molar-refractivity contribution in [2.24, 2.45) is 5.73 Å². The molecule has 2 aromatic rings. The van der Waals surface area contributed by atoms with Gasteiger partial charge in [-0.3, -0.25) is 9.98 Å². The Bertz CT molecular complexity index is 644. The van der Waals surface area contributed by atoms with Crippen molar-refractivity contribution < 1.29 is 0 Å². The molecule has 1 aromatic heterocycles. The second kappa shape index (κ2) is 6.42. The number of nitrogens with one attached hydrogen (secondary N) is 2. The van der Waals surface area contributed by atoms with E-state index in [1.807, 2.05) is 31.2 Å². The fourth-order valence-corrected chi connectivity index (χ4v) is 2.69. The highest BCUT2D eigenvalue weighted by atomic mass is 32.2. The average molecular weight is 291 g/mol. The molecule has 1 aromatic carbocycles. The molecule has 0 saturated carbocycles. The number of benzene rings is 1. The number of aromatic amines is 1. The molecule has 106 valence electrons. The average Bonchev–Trinajstić information content (AvgIpc) is 2.79. The molecule has 0 aliphatic rings. The summed E-state index contributed by atoms with van der Waals surface area (Å²) >= 11 is 1.51. The summed E-state index contributed by atoms with van der Waals surface area (Å²) in [6.45, 7) is 2.69. The second-order valence-corrected chi connectivity index (χ2v) is 5.30. The zero-order valence-electron chi connectivity index (χ0n) is 11.2. The molecule has 4 N–H and O–H groups in total. The molecule has 0 saturated heterocycles. The van der Waals surface area contributed by atoms with E-state index in [-0.39, 0.29) is 11.5 Å². The van der Waals surface area contributed by atoms with Gasteiger partial charge in [0.2, 0.25) is 0 Å². The maximum Gasteiger partial charge on any atom is 0.343 e. The lowest BCUT2D eigenvalue weighted by atomic mass is 10.1. The molecule has 1 heterocycles. The summed E-state index contributed by atoms with van der Waals surface area (Å²) in [5, 5.41) is 14.5. The molecule has 0 bridgehead atoms. The summed E-state index contributed by atoms with van der Waals surface area (Å²) in [5.41, 5.74) is 7.05. The Kier molecular flexibility index (Phi) is 4.62. The zero-order valence-corrected chi connectivity index (χ0v) is 12.0. The van der Waals surface area contributed by atoms with E-state index in [1.165, 1.54) is 11.8 Å². The van der Waals surface area contributed by atoms with Gasteiger partial charge in [0.15, 0.2) is 5.16 Å². The minimum Gasteiger partial charge on any atom is -0.384 e. The van der Waals surface area contributed by atoms with Crippen LogP contribution in [0.15, 0.2) is 34.2 Å². The maximum absolute atomic E-state index is 11.6. The largest absolute Gasteiger partial charge is 0.384 e. The Morgan fingerprint density at radius 2 is 2.15 bits per heavy atom. The van der Waals surface area contributed by atoms with Crippen molar-refractivity contribution in [2.75, 3.05) is 0 Å². The molecule has 20 heavy (non-hydrogen) atoms. The lowest BCUT2D eigenvalue weighted by molar-refractivity contribution is 0.604. The van der Waals surface area contributed by atoms with E-state index in [2.05, 4.69) is 10.2 Å². The number of hydrogen-bond acceptors (Lipinski definition) is 4. The Balaban J connectivity index is 2.05. The lowest BCUT2D eigenvalue weighted by Crippen LogP contribution is -2.17. The van der Waals surface area contributed by atoms with Gasteiger partial charge >= 0.3 is 5.69 Å². The number of rotatable bonds is 6. The minimum atomic E-state index is -0.165. The molecule has 0 amide bonds. The molecule has 7 heteroatoms. The summed E-state index contributed by atoms with van der Waals surface area (Å²) in [5.74, 6) is 0.778. The van der Waals surface area contributed by atoms with Crippen LogP contribution in [0.2, 0.25) is 0 Å². The Morgan fingerprint density at radius 3 is 2.75 bits per heavy atom. The standard InChI is InChI=1S/C13H17N5OS/c1-2-7-18-12(19)16-17-13(18)20-8-9-3-5-10(6-4-9)11(14)15/h3-6H,2,7-8H2,1H3,(H3,14,15)(H,16,19). The van der Waals surface area contributed by atoms with Crippen molar-refractivity contribution in [2.45, 2.75) is 30.8 Å². The van der Waals surface area contributed by atoms with Crippen LogP contribution in [-0.2, 0) is 12.3 Å². The van der Waals surface area contributed by atoms with Gasteiger partial charge in [-0.25, -0.2) is 9.89 Å². The number of H-pyrrole nitrogens is 1. The fraction of sp³-hybridized carbons (Fsp3) is 0.308. The highest BCUT2D eigenvalue weighted by Crippen LogP contribution is 2.20. The van der Waals surface area contributed by atoms with E-state index < -0.39 is 0 Å². The van der Waals surface area contributed by atoms with E-state index in [9.17, 15) is 4.79 Å². The Labute approximate surface area is 120 Å². The summed E-state index contributed by atoms with van der Waals surface area (Å²) in [4.78, 5) is 11.6. The Hall–Kier alpha value is -2.02. The predicted octanol–water partition coefficient (Wildman–Crippen LogP) is 1.56. The third-order valence-electron chi connectivity index (χ3n) is 2.80. The summed E-state index contributed by atoms with van der Waals surface area (Å²) in [6.07, 6.45) is 0.889. The molecule has 2 rings (SSSR count). The number of thioether (sulfide) groups is 1.